The number of benzene rings is 1. The number of hydrogen-bond donors (Lipinski definition) is 0. The normalized spacial score (nSPS) is 20.6. The molecule has 0 fully saturated rings. The molecule has 3 nitrogen and oxygen atoms in total. The maximum atomic E-state index is 12.0. The minimum Gasteiger partial charge on any atom is -0.269 e. The first kappa shape index (κ1) is 15.0. The van der Waals surface area contributed by atoms with E-state index >= 15 is 0 Å². The number of imide groups is 1. The van der Waals surface area contributed by atoms with Crippen molar-refractivity contribution in [3.05, 3.63) is 46.5 Å². The summed E-state index contributed by atoms with van der Waals surface area (Å²) in [6, 6.07) is 4.23. The Morgan fingerprint density at radius 1 is 1.00 bits per heavy atom. The average Bonchev–Trinajstić information content (AvgIpc) is 3.01. The predicted octanol–water partition coefficient (Wildman–Crippen LogP) is 3.85. The fraction of sp³-hybridized carbons (Fsp3) is 0.474. The zero-order valence-corrected chi connectivity index (χ0v) is 13.7. The van der Waals surface area contributed by atoms with Crippen molar-refractivity contribution in [2.75, 3.05) is 0 Å². The summed E-state index contributed by atoms with van der Waals surface area (Å²) in [6.07, 6.45) is 4.55. The van der Waals surface area contributed by atoms with Crippen molar-refractivity contribution >= 4 is 11.8 Å². The molecule has 1 aliphatic carbocycles. The van der Waals surface area contributed by atoms with E-state index in [2.05, 4.69) is 39.8 Å². The van der Waals surface area contributed by atoms with E-state index in [0.717, 1.165) is 12.8 Å². The van der Waals surface area contributed by atoms with E-state index in [-0.39, 0.29) is 17.9 Å². The van der Waals surface area contributed by atoms with Gasteiger partial charge in [-0.15, -0.1) is 0 Å². The molecule has 3 heteroatoms. The standard InChI is InChI=1S/C19H23NO2/c1-11(2)13-5-6-14-15(19(13)12(3)4)7-8-16(14)20-17(21)9-10-18(20)22/h5-6,9-12,16H,7-8H2,1-4H3/t16-/m0/s1. The minimum absolute atomic E-state index is 0.0938. The highest BCUT2D eigenvalue weighted by Crippen LogP contribution is 2.43. The van der Waals surface area contributed by atoms with Crippen molar-refractivity contribution in [3.63, 3.8) is 0 Å². The lowest BCUT2D eigenvalue weighted by Crippen LogP contribution is -2.33. The second kappa shape index (κ2) is 5.38. The number of rotatable bonds is 3. The van der Waals surface area contributed by atoms with Crippen LogP contribution < -0.4 is 0 Å². The van der Waals surface area contributed by atoms with Crippen molar-refractivity contribution < 1.29 is 9.59 Å². The SMILES string of the molecule is CC(C)c1ccc2c(c1C(C)C)CC[C@@H]2N1C(=O)C=CC1=O. The Hall–Kier alpha value is -1.90. The van der Waals surface area contributed by atoms with Gasteiger partial charge in [0.05, 0.1) is 6.04 Å². The number of carbonyl (C=O) groups is 2. The van der Waals surface area contributed by atoms with Gasteiger partial charge in [0.2, 0.25) is 0 Å². The molecule has 0 radical (unpaired) electrons. The largest absolute Gasteiger partial charge is 0.269 e. The molecular formula is C19H23NO2. The van der Waals surface area contributed by atoms with Crippen LogP contribution in [0.2, 0.25) is 0 Å². The molecule has 1 aliphatic heterocycles. The third-order valence-electron chi connectivity index (χ3n) is 4.81. The van der Waals surface area contributed by atoms with E-state index in [0.29, 0.717) is 11.8 Å². The molecule has 0 spiro atoms. The Bertz CT molecular complexity index is 652. The molecule has 0 saturated heterocycles. The molecule has 1 aromatic rings. The van der Waals surface area contributed by atoms with Crippen molar-refractivity contribution in [1.82, 2.24) is 4.90 Å². The van der Waals surface area contributed by atoms with E-state index < -0.39 is 0 Å². The minimum atomic E-state index is -0.179. The zero-order valence-electron chi connectivity index (χ0n) is 13.7. The summed E-state index contributed by atoms with van der Waals surface area (Å²) in [4.78, 5) is 25.4. The van der Waals surface area contributed by atoms with Gasteiger partial charge in [-0.25, -0.2) is 0 Å². The Morgan fingerprint density at radius 3 is 2.18 bits per heavy atom. The second-order valence-corrected chi connectivity index (χ2v) is 6.88. The van der Waals surface area contributed by atoms with Gasteiger partial charge in [0.25, 0.3) is 11.8 Å². The van der Waals surface area contributed by atoms with Gasteiger partial charge in [0.15, 0.2) is 0 Å². The van der Waals surface area contributed by atoms with Crippen LogP contribution in [0.3, 0.4) is 0 Å². The molecule has 0 N–H and O–H groups in total. The van der Waals surface area contributed by atoms with Crippen LogP contribution in [0.4, 0.5) is 0 Å². The number of carbonyl (C=O) groups excluding carboxylic acids is 2. The molecule has 116 valence electrons. The van der Waals surface area contributed by atoms with Gasteiger partial charge in [0.1, 0.15) is 0 Å². The molecule has 0 bridgehead atoms. The lowest BCUT2D eigenvalue weighted by molar-refractivity contribution is -0.139. The van der Waals surface area contributed by atoms with Crippen molar-refractivity contribution in [3.8, 4) is 0 Å². The van der Waals surface area contributed by atoms with Gasteiger partial charge in [-0.1, -0.05) is 39.8 Å². The molecule has 1 heterocycles. The van der Waals surface area contributed by atoms with Gasteiger partial charge in [0, 0.05) is 12.2 Å². The maximum absolute atomic E-state index is 12.0. The van der Waals surface area contributed by atoms with Crippen molar-refractivity contribution in [2.45, 2.75) is 58.4 Å². The molecule has 1 aromatic carbocycles. The van der Waals surface area contributed by atoms with Crippen LogP contribution in [0.5, 0.6) is 0 Å². The molecule has 0 aromatic heterocycles. The fourth-order valence-electron chi connectivity index (χ4n) is 3.90. The zero-order chi connectivity index (χ0) is 16.0. The summed E-state index contributed by atoms with van der Waals surface area (Å²) in [7, 11) is 0. The Morgan fingerprint density at radius 2 is 1.64 bits per heavy atom. The van der Waals surface area contributed by atoms with Crippen LogP contribution in [0, 0.1) is 0 Å². The van der Waals surface area contributed by atoms with Crippen LogP contribution in [-0.2, 0) is 16.0 Å². The first-order valence-electron chi connectivity index (χ1n) is 8.12. The number of fused-ring (bicyclic) bond motifs is 1. The van der Waals surface area contributed by atoms with E-state index in [4.69, 9.17) is 0 Å². The van der Waals surface area contributed by atoms with Gasteiger partial charge in [-0.3, -0.25) is 14.5 Å². The predicted molar refractivity (Wildman–Crippen MR) is 86.7 cm³/mol. The fourth-order valence-corrected chi connectivity index (χ4v) is 3.90. The average molecular weight is 297 g/mol. The topological polar surface area (TPSA) is 37.4 Å². The highest BCUT2D eigenvalue weighted by atomic mass is 16.2. The molecule has 2 amide bonds. The van der Waals surface area contributed by atoms with E-state index in [1.54, 1.807) is 0 Å². The summed E-state index contributed by atoms with van der Waals surface area (Å²) in [5.41, 5.74) is 5.34. The second-order valence-electron chi connectivity index (χ2n) is 6.88. The summed E-state index contributed by atoms with van der Waals surface area (Å²) in [5.74, 6) is 0.580. The van der Waals surface area contributed by atoms with E-state index in [9.17, 15) is 9.59 Å². The molecule has 0 saturated carbocycles. The quantitative estimate of drug-likeness (QED) is 0.795. The molecule has 0 unspecified atom stereocenters. The monoisotopic (exact) mass is 297 g/mol. The highest BCUT2D eigenvalue weighted by Gasteiger charge is 2.37. The third-order valence-corrected chi connectivity index (χ3v) is 4.81. The van der Waals surface area contributed by atoms with Gasteiger partial charge in [-0.2, -0.15) is 0 Å². The summed E-state index contributed by atoms with van der Waals surface area (Å²) < 4.78 is 0. The maximum Gasteiger partial charge on any atom is 0.254 e. The first-order valence-corrected chi connectivity index (χ1v) is 8.12. The summed E-state index contributed by atoms with van der Waals surface area (Å²) in [6.45, 7) is 8.89. The Balaban J connectivity index is 2.08. The molecular weight excluding hydrogens is 274 g/mol. The lowest BCUT2D eigenvalue weighted by atomic mass is 9.85. The third kappa shape index (κ3) is 2.20. The molecule has 1 atom stereocenters. The first-order chi connectivity index (χ1) is 10.4. The van der Waals surface area contributed by atoms with Crippen molar-refractivity contribution in [1.29, 1.82) is 0 Å². The summed E-state index contributed by atoms with van der Waals surface area (Å²) in [5, 5.41) is 0. The smallest absolute Gasteiger partial charge is 0.254 e. The molecule has 2 aliphatic rings. The van der Waals surface area contributed by atoms with Gasteiger partial charge in [-0.05, 0) is 46.9 Å². The molecule has 22 heavy (non-hydrogen) atoms. The highest BCUT2D eigenvalue weighted by molar-refractivity contribution is 6.13. The van der Waals surface area contributed by atoms with Crippen LogP contribution in [0.1, 0.15) is 74.2 Å². The van der Waals surface area contributed by atoms with Gasteiger partial charge >= 0.3 is 0 Å². The number of nitrogens with zero attached hydrogens (tertiary/aromatic N) is 1. The van der Waals surface area contributed by atoms with Crippen LogP contribution in [0.15, 0.2) is 24.3 Å². The number of amides is 2. The Labute approximate surface area is 132 Å². The summed E-state index contributed by atoms with van der Waals surface area (Å²) >= 11 is 0. The molecule has 3 rings (SSSR count). The van der Waals surface area contributed by atoms with E-state index in [1.807, 2.05) is 0 Å². The van der Waals surface area contributed by atoms with E-state index in [1.165, 1.54) is 39.3 Å². The van der Waals surface area contributed by atoms with Crippen LogP contribution in [0.25, 0.3) is 0 Å². The number of hydrogen-bond acceptors (Lipinski definition) is 2. The van der Waals surface area contributed by atoms with Gasteiger partial charge < -0.3 is 0 Å². The van der Waals surface area contributed by atoms with Crippen LogP contribution >= 0.6 is 0 Å². The lowest BCUT2D eigenvalue weighted by Gasteiger charge is -2.25. The van der Waals surface area contributed by atoms with Crippen molar-refractivity contribution in [2.24, 2.45) is 0 Å². The van der Waals surface area contributed by atoms with Crippen LogP contribution in [-0.4, -0.2) is 16.7 Å². The Kier molecular flexibility index (Phi) is 3.67.